The van der Waals surface area contributed by atoms with Gasteiger partial charge in [0.25, 0.3) is 0 Å². The second-order valence-electron chi connectivity index (χ2n) is 12.5. The van der Waals surface area contributed by atoms with Crippen molar-refractivity contribution in [1.29, 1.82) is 0 Å². The number of alkyl carbamates (subject to hydrolysis) is 1. The average molecular weight is 651 g/mol. The predicted molar refractivity (Wildman–Crippen MR) is 174 cm³/mol. The van der Waals surface area contributed by atoms with Crippen LogP contribution < -0.4 is 26.9 Å². The fourth-order valence-electron chi connectivity index (χ4n) is 4.44. The molecule has 3 aromatic rings. The summed E-state index contributed by atoms with van der Waals surface area (Å²) < 4.78 is 15.8. The van der Waals surface area contributed by atoms with Gasteiger partial charge in [0.05, 0.1) is 6.42 Å². The van der Waals surface area contributed by atoms with E-state index in [1.807, 2.05) is 6.07 Å². The molecule has 0 saturated carbocycles. The maximum Gasteiger partial charge on any atom is 0.408 e. The van der Waals surface area contributed by atoms with E-state index in [9.17, 15) is 28.8 Å². The van der Waals surface area contributed by atoms with Crippen molar-refractivity contribution in [3.63, 3.8) is 0 Å². The minimum atomic E-state index is -1.41. The van der Waals surface area contributed by atoms with E-state index in [1.165, 1.54) is 19.1 Å². The van der Waals surface area contributed by atoms with Crippen LogP contribution in [0.2, 0.25) is 0 Å². The van der Waals surface area contributed by atoms with Crippen molar-refractivity contribution in [2.24, 2.45) is 5.92 Å². The van der Waals surface area contributed by atoms with E-state index in [2.05, 4.69) is 21.3 Å². The van der Waals surface area contributed by atoms with Crippen LogP contribution in [0.15, 0.2) is 63.8 Å². The lowest BCUT2D eigenvalue weighted by Gasteiger charge is -2.26. The number of esters is 1. The smallest absolute Gasteiger partial charge is 0.408 e. The van der Waals surface area contributed by atoms with Crippen molar-refractivity contribution in [1.82, 2.24) is 16.0 Å². The van der Waals surface area contributed by atoms with Gasteiger partial charge in [-0.25, -0.2) is 9.59 Å². The number of amides is 4. The Labute approximate surface area is 272 Å². The summed E-state index contributed by atoms with van der Waals surface area (Å²) in [6, 6.07) is 11.4. The normalized spacial score (nSPS) is 13.2. The Morgan fingerprint density at radius 1 is 0.851 bits per heavy atom. The van der Waals surface area contributed by atoms with Crippen LogP contribution in [0.25, 0.3) is 11.0 Å². The number of hydrogen-bond donors (Lipinski definition) is 4. The third kappa shape index (κ3) is 11.3. The molecule has 4 N–H and O–H groups in total. The molecule has 0 spiro atoms. The zero-order valence-electron chi connectivity index (χ0n) is 27.6. The van der Waals surface area contributed by atoms with Gasteiger partial charge in [0, 0.05) is 23.2 Å². The first-order valence-corrected chi connectivity index (χ1v) is 15.2. The van der Waals surface area contributed by atoms with E-state index in [-0.39, 0.29) is 23.8 Å². The molecule has 0 radical (unpaired) electrons. The van der Waals surface area contributed by atoms with Crippen molar-refractivity contribution in [3.05, 3.63) is 76.1 Å². The standard InChI is InChI=1S/C34H42N4O9/c1-19(2)29(38-33(44)47-34(5,6)7)32(43)35-21(4)30(41)37-25(17-27(39)45-18-22-11-9-8-10-12-22)31(42)36-23-13-14-24-20(3)15-28(40)46-26(24)16-23/h8-16,19,21,25,29H,17-18H2,1-7H3,(H,35,43)(H,36,42)(H,37,41)(H,38,44)/t21-,25-,29-/m0/s1. The first kappa shape index (κ1) is 36.3. The molecule has 3 atom stereocenters. The van der Waals surface area contributed by atoms with Crippen LogP contribution in [0.4, 0.5) is 10.5 Å². The Morgan fingerprint density at radius 3 is 2.17 bits per heavy atom. The highest BCUT2D eigenvalue weighted by atomic mass is 16.6. The zero-order chi connectivity index (χ0) is 34.9. The quantitative estimate of drug-likeness (QED) is 0.168. The second-order valence-corrected chi connectivity index (χ2v) is 12.5. The predicted octanol–water partition coefficient (Wildman–Crippen LogP) is 3.71. The van der Waals surface area contributed by atoms with Gasteiger partial charge in [0.1, 0.15) is 35.9 Å². The molecule has 0 aliphatic heterocycles. The third-order valence-electron chi connectivity index (χ3n) is 6.84. The maximum absolute atomic E-state index is 13.4. The van der Waals surface area contributed by atoms with Gasteiger partial charge in [-0.2, -0.15) is 0 Å². The topological polar surface area (TPSA) is 182 Å². The first-order chi connectivity index (χ1) is 22.0. The third-order valence-corrected chi connectivity index (χ3v) is 6.84. The molecule has 0 aliphatic rings. The number of benzene rings is 2. The van der Waals surface area contributed by atoms with Gasteiger partial charge in [0.2, 0.25) is 17.7 Å². The van der Waals surface area contributed by atoms with Crippen molar-refractivity contribution in [2.75, 3.05) is 5.32 Å². The van der Waals surface area contributed by atoms with Crippen LogP contribution in [0.1, 0.15) is 59.1 Å². The molecule has 1 heterocycles. The number of carbonyl (C=O) groups is 5. The summed E-state index contributed by atoms with van der Waals surface area (Å²) in [6.45, 7) is 11.6. The lowest BCUT2D eigenvalue weighted by Crippen LogP contribution is -2.57. The molecule has 1 aromatic heterocycles. The summed E-state index contributed by atoms with van der Waals surface area (Å²) >= 11 is 0. The molecule has 0 fully saturated rings. The summed E-state index contributed by atoms with van der Waals surface area (Å²) in [5, 5.41) is 10.9. The number of rotatable bonds is 12. The van der Waals surface area contributed by atoms with Crippen LogP contribution in [0.3, 0.4) is 0 Å². The van der Waals surface area contributed by atoms with Gasteiger partial charge in [-0.15, -0.1) is 0 Å². The fraction of sp³-hybridized carbons (Fsp3) is 0.412. The van der Waals surface area contributed by atoms with Gasteiger partial charge in [-0.05, 0) is 63.8 Å². The Balaban J connectivity index is 1.74. The van der Waals surface area contributed by atoms with Gasteiger partial charge in [0.15, 0.2) is 0 Å². The van der Waals surface area contributed by atoms with Crippen LogP contribution in [0.5, 0.6) is 0 Å². The zero-order valence-corrected chi connectivity index (χ0v) is 27.6. The van der Waals surface area contributed by atoms with Gasteiger partial charge >= 0.3 is 17.7 Å². The molecule has 13 heteroatoms. The maximum atomic E-state index is 13.4. The van der Waals surface area contributed by atoms with Gasteiger partial charge in [-0.3, -0.25) is 19.2 Å². The monoisotopic (exact) mass is 650 g/mol. The lowest BCUT2D eigenvalue weighted by atomic mass is 10.0. The highest BCUT2D eigenvalue weighted by Crippen LogP contribution is 2.21. The van der Waals surface area contributed by atoms with E-state index in [0.717, 1.165) is 5.56 Å². The molecule has 0 aliphatic carbocycles. The number of ether oxygens (including phenoxy) is 2. The van der Waals surface area contributed by atoms with Crippen LogP contribution in [-0.4, -0.2) is 53.5 Å². The molecular weight excluding hydrogens is 608 g/mol. The summed E-state index contributed by atoms with van der Waals surface area (Å²) in [5.74, 6) is -3.29. The molecule has 3 rings (SSSR count). The molecule has 4 amide bonds. The minimum absolute atomic E-state index is 0.0429. The molecule has 0 saturated heterocycles. The first-order valence-electron chi connectivity index (χ1n) is 15.2. The summed E-state index contributed by atoms with van der Waals surface area (Å²) in [6.07, 6.45) is -1.32. The van der Waals surface area contributed by atoms with E-state index < -0.39 is 65.6 Å². The Kier molecular flexibility index (Phi) is 12.3. The van der Waals surface area contributed by atoms with Crippen LogP contribution >= 0.6 is 0 Å². The van der Waals surface area contributed by atoms with Crippen molar-refractivity contribution in [2.45, 2.75) is 85.2 Å². The molecular formula is C34H42N4O9. The van der Waals surface area contributed by atoms with E-state index in [0.29, 0.717) is 10.9 Å². The van der Waals surface area contributed by atoms with Crippen molar-refractivity contribution in [3.8, 4) is 0 Å². The SMILES string of the molecule is Cc1cc(=O)oc2cc(NC(=O)[C@H](CC(=O)OCc3ccccc3)NC(=O)[C@H](C)NC(=O)[C@@H](NC(=O)OC(C)(C)C)C(C)C)ccc12. The molecule has 0 unspecified atom stereocenters. The highest BCUT2D eigenvalue weighted by Gasteiger charge is 2.31. The number of anilines is 1. The second kappa shape index (κ2) is 15.9. The number of hydrogen-bond acceptors (Lipinski definition) is 9. The molecule has 252 valence electrons. The van der Waals surface area contributed by atoms with Crippen molar-refractivity contribution >= 4 is 46.4 Å². The highest BCUT2D eigenvalue weighted by molar-refractivity contribution is 6.01. The van der Waals surface area contributed by atoms with E-state index in [1.54, 1.807) is 77.9 Å². The number of carbonyl (C=O) groups excluding carboxylic acids is 5. The van der Waals surface area contributed by atoms with E-state index in [4.69, 9.17) is 13.9 Å². The summed E-state index contributed by atoms with van der Waals surface area (Å²) in [4.78, 5) is 76.7. The van der Waals surface area contributed by atoms with Gasteiger partial charge in [-0.1, -0.05) is 44.2 Å². The summed E-state index contributed by atoms with van der Waals surface area (Å²) in [5.41, 5.74) is 0.579. The molecule has 0 bridgehead atoms. The Bertz CT molecular complexity index is 1660. The molecule has 47 heavy (non-hydrogen) atoms. The largest absolute Gasteiger partial charge is 0.461 e. The molecule has 2 aromatic carbocycles. The number of aryl methyl sites for hydroxylation is 1. The minimum Gasteiger partial charge on any atom is -0.461 e. The van der Waals surface area contributed by atoms with Gasteiger partial charge < -0.3 is 35.2 Å². The number of fused-ring (bicyclic) bond motifs is 1. The van der Waals surface area contributed by atoms with E-state index >= 15 is 0 Å². The molecule has 13 nitrogen and oxygen atoms in total. The lowest BCUT2D eigenvalue weighted by molar-refractivity contribution is -0.147. The van der Waals surface area contributed by atoms with Crippen molar-refractivity contribution < 1.29 is 37.9 Å². The Hall–Kier alpha value is -5.20. The summed E-state index contributed by atoms with van der Waals surface area (Å²) in [7, 11) is 0. The Morgan fingerprint density at radius 2 is 1.53 bits per heavy atom. The van der Waals surface area contributed by atoms with Crippen LogP contribution in [-0.2, 0) is 35.3 Å². The average Bonchev–Trinajstić information content (AvgIpc) is 2.97. The fourth-order valence-corrected chi connectivity index (χ4v) is 4.44. The number of nitrogens with one attached hydrogen (secondary N) is 4. The van der Waals surface area contributed by atoms with Crippen LogP contribution in [0, 0.1) is 12.8 Å².